The zero-order chi connectivity index (χ0) is 16.3. The number of hydrogen-bond acceptors (Lipinski definition) is 3. The van der Waals surface area contributed by atoms with E-state index >= 15 is 0 Å². The van der Waals surface area contributed by atoms with Crippen LogP contribution in [0.25, 0.3) is 0 Å². The van der Waals surface area contributed by atoms with Gasteiger partial charge in [0.25, 0.3) is 0 Å². The molecule has 1 aromatic rings. The van der Waals surface area contributed by atoms with Crippen LogP contribution in [0.3, 0.4) is 0 Å². The second-order valence-electron chi connectivity index (χ2n) is 6.03. The zero-order valence-corrected chi connectivity index (χ0v) is 13.6. The average Bonchev–Trinajstić information content (AvgIpc) is 2.43. The number of amides is 1. The molecule has 2 N–H and O–H groups in total. The predicted octanol–water partition coefficient (Wildman–Crippen LogP) is 2.63. The lowest BCUT2D eigenvalue weighted by Gasteiger charge is -2.34. The smallest absolute Gasteiger partial charge is 0.307 e. The number of piperidine rings is 1. The van der Waals surface area contributed by atoms with Crippen LogP contribution >= 0.6 is 11.6 Å². The topological polar surface area (TPSA) is 69.6 Å². The van der Waals surface area contributed by atoms with Crippen molar-refractivity contribution in [2.45, 2.75) is 20.3 Å². The number of halogens is 1. The maximum Gasteiger partial charge on any atom is 0.307 e. The van der Waals surface area contributed by atoms with E-state index in [0.29, 0.717) is 23.7 Å². The Labute approximate surface area is 135 Å². The second-order valence-corrected chi connectivity index (χ2v) is 6.44. The fourth-order valence-electron chi connectivity index (χ4n) is 2.91. The van der Waals surface area contributed by atoms with E-state index in [4.69, 9.17) is 16.7 Å². The number of rotatable bonds is 4. The average molecular weight is 325 g/mol. The molecular formula is C16H21ClN2O3. The second kappa shape index (κ2) is 7.11. The molecule has 0 spiro atoms. The minimum atomic E-state index is -0.789. The van der Waals surface area contributed by atoms with Crippen molar-refractivity contribution in [2.75, 3.05) is 25.0 Å². The van der Waals surface area contributed by atoms with Gasteiger partial charge in [-0.1, -0.05) is 24.6 Å². The Balaban J connectivity index is 1.96. The Bertz CT molecular complexity index is 577. The standard InChI is InChI=1S/C16H21ClN2O3/c1-10-6-12(16(21)22)8-19(7-10)9-15(20)18-14-5-3-4-13(17)11(14)2/h3-5,10,12H,6-9H2,1-2H3,(H,18,20)(H,21,22). The molecule has 0 bridgehead atoms. The number of anilines is 1. The molecule has 1 amide bonds. The van der Waals surface area contributed by atoms with E-state index in [1.54, 1.807) is 18.2 Å². The van der Waals surface area contributed by atoms with Gasteiger partial charge in [-0.05, 0) is 37.0 Å². The van der Waals surface area contributed by atoms with Crippen LogP contribution < -0.4 is 5.32 Å². The summed E-state index contributed by atoms with van der Waals surface area (Å²) in [5.41, 5.74) is 1.52. The van der Waals surface area contributed by atoms with Gasteiger partial charge in [-0.15, -0.1) is 0 Å². The van der Waals surface area contributed by atoms with Gasteiger partial charge in [-0.25, -0.2) is 0 Å². The molecule has 1 aliphatic heterocycles. The van der Waals surface area contributed by atoms with Gasteiger partial charge in [0.15, 0.2) is 0 Å². The summed E-state index contributed by atoms with van der Waals surface area (Å²) in [6.45, 7) is 5.22. The molecular weight excluding hydrogens is 304 g/mol. The highest BCUT2D eigenvalue weighted by molar-refractivity contribution is 6.31. The summed E-state index contributed by atoms with van der Waals surface area (Å²) in [4.78, 5) is 25.3. The van der Waals surface area contributed by atoms with Crippen LogP contribution in [0.5, 0.6) is 0 Å². The lowest BCUT2D eigenvalue weighted by molar-refractivity contribution is -0.144. The van der Waals surface area contributed by atoms with Gasteiger partial charge in [0.05, 0.1) is 12.5 Å². The van der Waals surface area contributed by atoms with Gasteiger partial charge in [0.2, 0.25) is 5.91 Å². The van der Waals surface area contributed by atoms with Crippen molar-refractivity contribution >= 4 is 29.2 Å². The van der Waals surface area contributed by atoms with Crippen molar-refractivity contribution in [1.82, 2.24) is 4.90 Å². The van der Waals surface area contributed by atoms with Gasteiger partial charge in [-0.3, -0.25) is 14.5 Å². The Morgan fingerprint density at radius 2 is 2.14 bits per heavy atom. The summed E-state index contributed by atoms with van der Waals surface area (Å²) >= 11 is 6.04. The number of nitrogens with zero attached hydrogens (tertiary/aromatic N) is 1. The Morgan fingerprint density at radius 1 is 1.41 bits per heavy atom. The lowest BCUT2D eigenvalue weighted by Crippen LogP contribution is -2.45. The highest BCUT2D eigenvalue weighted by Gasteiger charge is 2.30. The van der Waals surface area contributed by atoms with Crippen LogP contribution in [-0.4, -0.2) is 41.5 Å². The van der Waals surface area contributed by atoms with Gasteiger partial charge >= 0.3 is 5.97 Å². The number of carboxylic acid groups (broad SMARTS) is 1. The van der Waals surface area contributed by atoms with Gasteiger partial charge in [-0.2, -0.15) is 0 Å². The van der Waals surface area contributed by atoms with E-state index in [2.05, 4.69) is 5.32 Å². The largest absolute Gasteiger partial charge is 0.481 e. The Hall–Kier alpha value is -1.59. The summed E-state index contributed by atoms with van der Waals surface area (Å²) in [5, 5.41) is 12.6. The third-order valence-corrected chi connectivity index (χ3v) is 4.40. The number of carbonyl (C=O) groups is 2. The number of likely N-dealkylation sites (tertiary alicyclic amines) is 1. The molecule has 22 heavy (non-hydrogen) atoms. The summed E-state index contributed by atoms with van der Waals surface area (Å²) < 4.78 is 0. The number of nitrogens with one attached hydrogen (secondary N) is 1. The number of carboxylic acids is 1. The van der Waals surface area contributed by atoms with Gasteiger partial charge in [0, 0.05) is 23.8 Å². The maximum atomic E-state index is 12.2. The summed E-state index contributed by atoms with van der Waals surface area (Å²) in [6.07, 6.45) is 0.668. The van der Waals surface area contributed by atoms with Gasteiger partial charge < -0.3 is 10.4 Å². The molecule has 2 atom stereocenters. The van der Waals surface area contributed by atoms with Crippen molar-refractivity contribution in [3.8, 4) is 0 Å². The first kappa shape index (κ1) is 16.8. The zero-order valence-electron chi connectivity index (χ0n) is 12.8. The van der Waals surface area contributed by atoms with Crippen LogP contribution in [0.2, 0.25) is 5.02 Å². The molecule has 1 heterocycles. The van der Waals surface area contributed by atoms with Crippen LogP contribution in [-0.2, 0) is 9.59 Å². The molecule has 0 saturated carbocycles. The van der Waals surface area contributed by atoms with Crippen LogP contribution in [0.15, 0.2) is 18.2 Å². The maximum absolute atomic E-state index is 12.2. The van der Waals surface area contributed by atoms with Gasteiger partial charge in [0.1, 0.15) is 0 Å². The number of carbonyl (C=O) groups excluding carboxylic acids is 1. The first-order valence-corrected chi connectivity index (χ1v) is 7.74. The van der Waals surface area contributed by atoms with E-state index in [-0.39, 0.29) is 18.4 Å². The van der Waals surface area contributed by atoms with Crippen LogP contribution in [0.1, 0.15) is 18.9 Å². The highest BCUT2D eigenvalue weighted by Crippen LogP contribution is 2.24. The van der Waals surface area contributed by atoms with E-state index in [1.165, 1.54) is 0 Å². The first-order chi connectivity index (χ1) is 10.4. The van der Waals surface area contributed by atoms with Crippen LogP contribution in [0.4, 0.5) is 5.69 Å². The van der Waals surface area contributed by atoms with E-state index in [1.807, 2.05) is 18.7 Å². The quantitative estimate of drug-likeness (QED) is 0.893. The molecule has 2 rings (SSSR count). The van der Waals surface area contributed by atoms with Crippen LogP contribution in [0, 0.1) is 18.8 Å². The summed E-state index contributed by atoms with van der Waals surface area (Å²) in [6, 6.07) is 5.36. The van der Waals surface area contributed by atoms with Crippen molar-refractivity contribution in [2.24, 2.45) is 11.8 Å². The normalized spacial score (nSPS) is 22.3. The number of hydrogen-bond donors (Lipinski definition) is 2. The summed E-state index contributed by atoms with van der Waals surface area (Å²) in [5.74, 6) is -1.06. The van der Waals surface area contributed by atoms with E-state index in [0.717, 1.165) is 12.1 Å². The molecule has 1 aromatic carbocycles. The van der Waals surface area contributed by atoms with Crippen molar-refractivity contribution < 1.29 is 14.7 Å². The Morgan fingerprint density at radius 3 is 2.82 bits per heavy atom. The fourth-order valence-corrected chi connectivity index (χ4v) is 3.08. The SMILES string of the molecule is Cc1c(Cl)cccc1NC(=O)CN1CC(C)CC(C(=O)O)C1. The minimum absolute atomic E-state index is 0.149. The lowest BCUT2D eigenvalue weighted by atomic mass is 9.90. The molecule has 0 aliphatic carbocycles. The molecule has 5 nitrogen and oxygen atoms in total. The monoisotopic (exact) mass is 324 g/mol. The molecule has 0 radical (unpaired) electrons. The molecule has 0 aromatic heterocycles. The minimum Gasteiger partial charge on any atom is -0.481 e. The highest BCUT2D eigenvalue weighted by atomic mass is 35.5. The molecule has 1 aliphatic rings. The van der Waals surface area contributed by atoms with Crippen molar-refractivity contribution in [3.63, 3.8) is 0 Å². The van der Waals surface area contributed by atoms with Crippen molar-refractivity contribution in [3.05, 3.63) is 28.8 Å². The predicted molar refractivity (Wildman–Crippen MR) is 86.2 cm³/mol. The van der Waals surface area contributed by atoms with Crippen molar-refractivity contribution in [1.29, 1.82) is 0 Å². The number of benzene rings is 1. The number of aliphatic carboxylic acids is 1. The molecule has 1 fully saturated rings. The summed E-state index contributed by atoms with van der Waals surface area (Å²) in [7, 11) is 0. The first-order valence-electron chi connectivity index (χ1n) is 7.37. The Kier molecular flexibility index (Phi) is 5.42. The fraction of sp³-hybridized carbons (Fsp3) is 0.500. The van der Waals surface area contributed by atoms with E-state index < -0.39 is 11.9 Å². The molecule has 120 valence electrons. The third kappa shape index (κ3) is 4.21. The molecule has 2 unspecified atom stereocenters. The third-order valence-electron chi connectivity index (χ3n) is 3.99. The molecule has 1 saturated heterocycles. The van der Waals surface area contributed by atoms with E-state index in [9.17, 15) is 9.59 Å². The molecule has 6 heteroatoms.